The first-order valence-corrected chi connectivity index (χ1v) is 22.8. The van der Waals surface area contributed by atoms with Crippen molar-refractivity contribution in [1.82, 2.24) is 4.98 Å². The first-order chi connectivity index (χ1) is 31.8. The van der Waals surface area contributed by atoms with E-state index < -0.39 is 0 Å². The second-order valence-corrected chi connectivity index (χ2v) is 19.0. The van der Waals surface area contributed by atoms with Crippen LogP contribution in [-0.2, 0) is 10.8 Å². The Morgan fingerprint density at radius 1 is 0.323 bits per heavy atom. The zero-order valence-electron chi connectivity index (χ0n) is 36.9. The van der Waals surface area contributed by atoms with Gasteiger partial charge in [-0.2, -0.15) is 0 Å². The van der Waals surface area contributed by atoms with Crippen molar-refractivity contribution in [3.63, 3.8) is 0 Å². The van der Waals surface area contributed by atoms with Crippen LogP contribution in [0, 0.1) is 0 Å². The second kappa shape index (κ2) is 13.8. The molecule has 0 unspecified atom stereocenters. The number of benzene rings is 10. The first kappa shape index (κ1) is 37.7. The van der Waals surface area contributed by atoms with Crippen molar-refractivity contribution in [2.24, 2.45) is 0 Å². The van der Waals surface area contributed by atoms with Gasteiger partial charge in [-0.1, -0.05) is 198 Å². The Morgan fingerprint density at radius 3 is 1.25 bits per heavy atom. The van der Waals surface area contributed by atoms with Crippen molar-refractivity contribution in [2.45, 2.75) is 38.5 Å². The third-order valence-corrected chi connectivity index (χ3v) is 14.7. The molecule has 1 heterocycles. The second-order valence-electron chi connectivity index (χ2n) is 19.0. The molecule has 0 N–H and O–H groups in total. The Labute approximate surface area is 379 Å². The number of aromatic nitrogens is 1. The molecular weight excluding hydrogens is 787 g/mol. The number of hydrogen-bond donors (Lipinski definition) is 0. The fourth-order valence-electron chi connectivity index (χ4n) is 11.5. The lowest BCUT2D eigenvalue weighted by atomic mass is 9.81. The normalized spacial score (nSPS) is 14.1. The number of hydrogen-bond acceptors (Lipinski definition) is 2. The summed E-state index contributed by atoms with van der Waals surface area (Å²) in [6.45, 7) is 9.37. The Kier molecular flexibility index (Phi) is 8.03. The van der Waals surface area contributed by atoms with Gasteiger partial charge < -0.3 is 4.42 Å². The Hall–Kier alpha value is -7.81. The van der Waals surface area contributed by atoms with Gasteiger partial charge in [0.05, 0.1) is 0 Å². The van der Waals surface area contributed by atoms with Crippen molar-refractivity contribution in [2.75, 3.05) is 0 Å². The van der Waals surface area contributed by atoms with Crippen LogP contribution in [-0.4, -0.2) is 4.98 Å². The minimum absolute atomic E-state index is 0.120. The molecule has 0 aliphatic heterocycles. The molecule has 0 spiro atoms. The molecule has 0 saturated carbocycles. The monoisotopic (exact) mass is 831 g/mol. The number of rotatable bonds is 5. The van der Waals surface area contributed by atoms with E-state index in [0.29, 0.717) is 5.89 Å². The van der Waals surface area contributed by atoms with Gasteiger partial charge >= 0.3 is 0 Å². The minimum atomic E-state index is -0.122. The van der Waals surface area contributed by atoms with E-state index in [-0.39, 0.29) is 10.8 Å². The lowest BCUT2D eigenvalue weighted by Crippen LogP contribution is -2.15. The predicted octanol–water partition coefficient (Wildman–Crippen LogP) is 17.1. The van der Waals surface area contributed by atoms with E-state index in [1.165, 1.54) is 82.7 Å². The summed E-state index contributed by atoms with van der Waals surface area (Å²) in [5.74, 6) is 0.609. The number of nitrogens with zero attached hydrogens (tertiary/aromatic N) is 1. The summed E-state index contributed by atoms with van der Waals surface area (Å²) in [5, 5.41) is 4.95. The van der Waals surface area contributed by atoms with Crippen LogP contribution in [0.15, 0.2) is 205 Å². The highest BCUT2D eigenvalue weighted by Crippen LogP contribution is 2.52. The molecule has 1 aromatic heterocycles. The molecule has 2 aliphatic carbocycles. The molecule has 65 heavy (non-hydrogen) atoms. The van der Waals surface area contributed by atoms with Crippen molar-refractivity contribution < 1.29 is 4.42 Å². The highest BCUT2D eigenvalue weighted by atomic mass is 16.3. The largest absolute Gasteiger partial charge is 0.435 e. The molecule has 2 nitrogen and oxygen atoms in total. The van der Waals surface area contributed by atoms with Crippen molar-refractivity contribution in [3.8, 4) is 78.2 Å². The number of fused-ring (bicyclic) bond motifs is 9. The van der Waals surface area contributed by atoms with E-state index in [0.717, 1.165) is 44.5 Å². The fraction of sp³-hybridized carbons (Fsp3) is 0.0952. The Bertz CT molecular complexity index is 3550. The molecule has 0 fully saturated rings. The third-order valence-electron chi connectivity index (χ3n) is 14.7. The first-order valence-electron chi connectivity index (χ1n) is 22.8. The van der Waals surface area contributed by atoms with Crippen LogP contribution < -0.4 is 0 Å². The van der Waals surface area contributed by atoms with Crippen molar-refractivity contribution in [1.29, 1.82) is 0 Å². The molecule has 13 rings (SSSR count). The predicted molar refractivity (Wildman–Crippen MR) is 271 cm³/mol. The zero-order valence-corrected chi connectivity index (χ0v) is 36.9. The van der Waals surface area contributed by atoms with E-state index in [4.69, 9.17) is 9.40 Å². The molecular formula is C63H45NO. The van der Waals surface area contributed by atoms with Crippen LogP contribution in [0.5, 0.6) is 0 Å². The maximum Gasteiger partial charge on any atom is 0.227 e. The van der Waals surface area contributed by atoms with E-state index in [1.807, 2.05) is 0 Å². The molecule has 0 amide bonds. The van der Waals surface area contributed by atoms with Gasteiger partial charge in [0.15, 0.2) is 5.58 Å². The summed E-state index contributed by atoms with van der Waals surface area (Å²) in [7, 11) is 0. The fourth-order valence-corrected chi connectivity index (χ4v) is 11.5. The van der Waals surface area contributed by atoms with Crippen LogP contribution in [0.25, 0.3) is 111 Å². The minimum Gasteiger partial charge on any atom is -0.435 e. The van der Waals surface area contributed by atoms with Crippen molar-refractivity contribution >= 4 is 32.6 Å². The summed E-state index contributed by atoms with van der Waals surface area (Å²) >= 11 is 0. The summed E-state index contributed by atoms with van der Waals surface area (Å²) in [6, 6.07) is 73.3. The Balaban J connectivity index is 0.974. The molecule has 11 aromatic rings. The van der Waals surface area contributed by atoms with Gasteiger partial charge in [-0.05, 0) is 130 Å². The van der Waals surface area contributed by atoms with E-state index in [9.17, 15) is 0 Å². The van der Waals surface area contributed by atoms with E-state index in [1.54, 1.807) is 0 Å². The van der Waals surface area contributed by atoms with Crippen LogP contribution in [0.2, 0.25) is 0 Å². The van der Waals surface area contributed by atoms with E-state index in [2.05, 4.69) is 228 Å². The third kappa shape index (κ3) is 5.50. The van der Waals surface area contributed by atoms with Crippen LogP contribution in [0.1, 0.15) is 49.9 Å². The highest BCUT2D eigenvalue weighted by Gasteiger charge is 2.37. The topological polar surface area (TPSA) is 26.0 Å². The molecule has 10 aromatic carbocycles. The smallest absolute Gasteiger partial charge is 0.227 e. The molecule has 0 radical (unpaired) electrons. The quantitative estimate of drug-likeness (QED) is 0.162. The SMILES string of the molecule is CC1(C)c2ccccc2-c2ccc(-c3ccc(-c4ccc5c(c4)C(C)(C)c4ccccc4-5)c4oc(-c5ccc(-c6c7ccccc7c(-c7ccccc7)c7ccccc67)cc5)nc34)cc21. The molecule has 0 saturated heterocycles. The van der Waals surface area contributed by atoms with Gasteiger partial charge in [-0.25, -0.2) is 4.98 Å². The lowest BCUT2D eigenvalue weighted by molar-refractivity contribution is 0.620. The summed E-state index contributed by atoms with van der Waals surface area (Å²) in [4.78, 5) is 5.43. The number of oxazole rings is 1. The lowest BCUT2D eigenvalue weighted by Gasteiger charge is -2.22. The average molecular weight is 832 g/mol. The maximum absolute atomic E-state index is 7.06. The molecule has 2 heteroatoms. The van der Waals surface area contributed by atoms with Gasteiger partial charge in [-0.3, -0.25) is 0 Å². The highest BCUT2D eigenvalue weighted by molar-refractivity contribution is 6.21. The summed E-state index contributed by atoms with van der Waals surface area (Å²) < 4.78 is 7.06. The molecule has 2 aliphatic rings. The molecule has 308 valence electrons. The summed E-state index contributed by atoms with van der Waals surface area (Å²) in [6.07, 6.45) is 0. The molecule has 0 bridgehead atoms. The van der Waals surface area contributed by atoms with Gasteiger partial charge in [-0.15, -0.1) is 0 Å². The van der Waals surface area contributed by atoms with Crippen molar-refractivity contribution in [3.05, 3.63) is 222 Å². The average Bonchev–Trinajstić information content (AvgIpc) is 3.97. The standard InChI is InChI=1S/C63H45NO/c1-62(2)53-24-14-12-18-45(53)47-32-30-41(36-55(47)62)43-34-35-44(42-31-33-48-46-19-13-15-25-54(46)63(3,4)56(48)37-42)60-59(43)64-61(65-60)40-28-26-39(27-29-40)58-51-22-10-8-20-49(51)57(38-16-6-5-7-17-38)50-21-9-11-23-52(50)58/h5-37H,1-4H3. The van der Waals surface area contributed by atoms with Gasteiger partial charge in [0.1, 0.15) is 5.52 Å². The maximum atomic E-state index is 7.06. The van der Waals surface area contributed by atoms with Gasteiger partial charge in [0, 0.05) is 27.5 Å². The van der Waals surface area contributed by atoms with Crippen LogP contribution in [0.4, 0.5) is 0 Å². The van der Waals surface area contributed by atoms with Gasteiger partial charge in [0.25, 0.3) is 0 Å². The Morgan fingerprint density at radius 2 is 0.708 bits per heavy atom. The van der Waals surface area contributed by atoms with Crippen LogP contribution in [0.3, 0.4) is 0 Å². The van der Waals surface area contributed by atoms with E-state index >= 15 is 0 Å². The zero-order chi connectivity index (χ0) is 43.6. The van der Waals surface area contributed by atoms with Gasteiger partial charge in [0.2, 0.25) is 5.89 Å². The molecule has 0 atom stereocenters. The summed E-state index contributed by atoms with van der Waals surface area (Å²) in [5.41, 5.74) is 22.3. The van der Waals surface area contributed by atoms with Crippen LogP contribution >= 0.6 is 0 Å².